The maximum absolute atomic E-state index is 12.3. The van der Waals surface area contributed by atoms with E-state index in [1.165, 1.54) is 24.3 Å². The molecule has 0 aliphatic heterocycles. The van der Waals surface area contributed by atoms with Gasteiger partial charge >= 0.3 is 6.36 Å². The van der Waals surface area contributed by atoms with Crippen LogP contribution in [0.4, 0.5) is 13.2 Å². The molecule has 0 aromatic heterocycles. The molecule has 0 aliphatic carbocycles. The Morgan fingerprint density at radius 2 is 1.00 bits per heavy atom. The van der Waals surface area contributed by atoms with Gasteiger partial charge in [0.25, 0.3) is 0 Å². The van der Waals surface area contributed by atoms with Crippen molar-refractivity contribution in [1.29, 1.82) is 0 Å². The van der Waals surface area contributed by atoms with E-state index in [0.29, 0.717) is 16.7 Å². The molecule has 0 saturated carbocycles. The van der Waals surface area contributed by atoms with E-state index < -0.39 is 12.0 Å². The summed E-state index contributed by atoms with van der Waals surface area (Å²) in [4.78, 5) is 0. The Balaban J connectivity index is 2.07. The summed E-state index contributed by atoms with van der Waals surface area (Å²) in [6.07, 6.45) is -4.75. The van der Waals surface area contributed by atoms with Crippen LogP contribution in [-0.4, -0.2) is 11.5 Å². The van der Waals surface area contributed by atoms with Gasteiger partial charge in [-0.05, 0) is 28.8 Å². The largest absolute Gasteiger partial charge is 0.573 e. The Labute approximate surface area is 143 Å². The predicted octanol–water partition coefficient (Wildman–Crippen LogP) is 4.87. The third-order valence-electron chi connectivity index (χ3n) is 3.89. The first-order valence-electron chi connectivity index (χ1n) is 7.59. The van der Waals surface area contributed by atoms with Gasteiger partial charge in [0.05, 0.1) is 0 Å². The van der Waals surface area contributed by atoms with Crippen molar-refractivity contribution in [3.8, 4) is 5.75 Å². The first-order chi connectivity index (χ1) is 11.9. The molecular formula is C20H15F3O2. The smallest absolute Gasteiger partial charge is 0.406 e. The third-order valence-corrected chi connectivity index (χ3v) is 3.89. The zero-order valence-electron chi connectivity index (χ0n) is 13.1. The lowest BCUT2D eigenvalue weighted by atomic mass is 9.80. The number of alkyl halides is 3. The van der Waals surface area contributed by atoms with Crippen LogP contribution in [-0.2, 0) is 5.60 Å². The third kappa shape index (κ3) is 3.67. The zero-order valence-corrected chi connectivity index (χ0v) is 13.1. The van der Waals surface area contributed by atoms with Crippen molar-refractivity contribution >= 4 is 0 Å². The fourth-order valence-corrected chi connectivity index (χ4v) is 2.76. The van der Waals surface area contributed by atoms with Crippen LogP contribution >= 0.6 is 0 Å². The van der Waals surface area contributed by atoms with Gasteiger partial charge in [0.15, 0.2) is 0 Å². The fourth-order valence-electron chi connectivity index (χ4n) is 2.76. The van der Waals surface area contributed by atoms with Crippen molar-refractivity contribution in [2.45, 2.75) is 12.0 Å². The molecule has 0 amide bonds. The molecule has 0 bridgehead atoms. The summed E-state index contributed by atoms with van der Waals surface area (Å²) < 4.78 is 40.9. The van der Waals surface area contributed by atoms with Crippen molar-refractivity contribution in [2.24, 2.45) is 0 Å². The summed E-state index contributed by atoms with van der Waals surface area (Å²) >= 11 is 0. The van der Waals surface area contributed by atoms with Crippen LogP contribution in [0.2, 0.25) is 0 Å². The van der Waals surface area contributed by atoms with E-state index in [2.05, 4.69) is 4.74 Å². The number of hydrogen-bond donors (Lipinski definition) is 1. The van der Waals surface area contributed by atoms with Crippen molar-refractivity contribution in [2.75, 3.05) is 0 Å². The van der Waals surface area contributed by atoms with E-state index in [4.69, 9.17) is 0 Å². The molecule has 0 unspecified atom stereocenters. The highest BCUT2D eigenvalue weighted by molar-refractivity contribution is 5.47. The highest BCUT2D eigenvalue weighted by Gasteiger charge is 2.34. The minimum atomic E-state index is -4.75. The van der Waals surface area contributed by atoms with Gasteiger partial charge in [-0.2, -0.15) is 0 Å². The monoisotopic (exact) mass is 344 g/mol. The van der Waals surface area contributed by atoms with Gasteiger partial charge in [-0.3, -0.25) is 0 Å². The van der Waals surface area contributed by atoms with Gasteiger partial charge in [-0.1, -0.05) is 72.8 Å². The van der Waals surface area contributed by atoms with Crippen molar-refractivity contribution in [1.82, 2.24) is 0 Å². The molecule has 0 saturated heterocycles. The molecule has 0 atom stereocenters. The highest BCUT2D eigenvalue weighted by Crippen LogP contribution is 2.37. The summed E-state index contributed by atoms with van der Waals surface area (Å²) in [5.41, 5.74) is 0.190. The molecule has 2 nitrogen and oxygen atoms in total. The van der Waals surface area contributed by atoms with Crippen molar-refractivity contribution in [3.05, 3.63) is 102 Å². The van der Waals surface area contributed by atoms with E-state index in [1.54, 1.807) is 48.5 Å². The lowest BCUT2D eigenvalue weighted by molar-refractivity contribution is -0.274. The number of rotatable bonds is 4. The van der Waals surface area contributed by atoms with E-state index in [0.717, 1.165) is 0 Å². The average molecular weight is 344 g/mol. The highest BCUT2D eigenvalue weighted by atomic mass is 19.4. The second-order valence-corrected chi connectivity index (χ2v) is 5.51. The quantitative estimate of drug-likeness (QED) is 0.684. The Kier molecular flexibility index (Phi) is 4.51. The summed E-state index contributed by atoms with van der Waals surface area (Å²) in [5, 5.41) is 11.5. The molecule has 25 heavy (non-hydrogen) atoms. The van der Waals surface area contributed by atoms with Crippen LogP contribution in [0.5, 0.6) is 5.75 Å². The molecule has 3 rings (SSSR count). The maximum Gasteiger partial charge on any atom is 0.573 e. The SMILES string of the molecule is OC(c1ccccc1)(c1ccccc1)c1ccc(OC(F)(F)F)cc1. The molecule has 5 heteroatoms. The Morgan fingerprint density at radius 3 is 1.40 bits per heavy atom. The maximum atomic E-state index is 12.3. The van der Waals surface area contributed by atoms with Crippen LogP contribution in [0.3, 0.4) is 0 Å². The lowest BCUT2D eigenvalue weighted by Crippen LogP contribution is -2.28. The van der Waals surface area contributed by atoms with E-state index >= 15 is 0 Å². The molecule has 3 aromatic rings. The summed E-state index contributed by atoms with van der Waals surface area (Å²) in [6, 6.07) is 23.2. The van der Waals surface area contributed by atoms with Crippen LogP contribution in [0.15, 0.2) is 84.9 Å². The van der Waals surface area contributed by atoms with Gasteiger partial charge in [-0.15, -0.1) is 13.2 Å². The van der Waals surface area contributed by atoms with Gasteiger partial charge in [0.1, 0.15) is 11.4 Å². The number of aliphatic hydroxyl groups is 1. The Hall–Kier alpha value is -2.79. The average Bonchev–Trinajstić information content (AvgIpc) is 2.62. The molecule has 3 aromatic carbocycles. The Morgan fingerprint density at radius 1 is 0.600 bits per heavy atom. The first-order valence-corrected chi connectivity index (χ1v) is 7.59. The Bertz CT molecular complexity index is 774. The molecule has 0 heterocycles. The first kappa shape index (κ1) is 17.0. The number of ether oxygens (including phenoxy) is 1. The van der Waals surface area contributed by atoms with E-state index in [9.17, 15) is 18.3 Å². The zero-order chi connectivity index (χ0) is 17.9. The second kappa shape index (κ2) is 6.61. The topological polar surface area (TPSA) is 29.5 Å². The van der Waals surface area contributed by atoms with E-state index in [-0.39, 0.29) is 5.75 Å². The van der Waals surface area contributed by atoms with Crippen LogP contribution < -0.4 is 4.74 Å². The number of hydrogen-bond acceptors (Lipinski definition) is 2. The summed E-state index contributed by atoms with van der Waals surface area (Å²) in [6.45, 7) is 0. The standard InChI is InChI=1S/C20H15F3O2/c21-20(22,23)25-18-13-11-17(12-14-18)19(24,15-7-3-1-4-8-15)16-9-5-2-6-10-16/h1-14,24H. The minimum Gasteiger partial charge on any atom is -0.406 e. The normalized spacial score (nSPS) is 12.0. The van der Waals surface area contributed by atoms with Gasteiger partial charge < -0.3 is 9.84 Å². The van der Waals surface area contributed by atoms with Gasteiger partial charge in [0.2, 0.25) is 0 Å². The number of benzene rings is 3. The van der Waals surface area contributed by atoms with Crippen LogP contribution in [0, 0.1) is 0 Å². The van der Waals surface area contributed by atoms with Crippen LogP contribution in [0.1, 0.15) is 16.7 Å². The summed E-state index contributed by atoms with van der Waals surface area (Å²) in [7, 11) is 0. The van der Waals surface area contributed by atoms with Crippen molar-refractivity contribution < 1.29 is 23.0 Å². The van der Waals surface area contributed by atoms with E-state index in [1.807, 2.05) is 12.1 Å². The molecule has 0 spiro atoms. The summed E-state index contributed by atoms with van der Waals surface area (Å²) in [5.74, 6) is -0.334. The molecular weight excluding hydrogens is 329 g/mol. The van der Waals surface area contributed by atoms with Gasteiger partial charge in [0, 0.05) is 0 Å². The van der Waals surface area contributed by atoms with Gasteiger partial charge in [-0.25, -0.2) is 0 Å². The number of halogens is 3. The minimum absolute atomic E-state index is 0.334. The fraction of sp³-hybridized carbons (Fsp3) is 0.100. The van der Waals surface area contributed by atoms with Crippen LogP contribution in [0.25, 0.3) is 0 Å². The predicted molar refractivity (Wildman–Crippen MR) is 88.1 cm³/mol. The van der Waals surface area contributed by atoms with Crippen molar-refractivity contribution in [3.63, 3.8) is 0 Å². The molecule has 1 N–H and O–H groups in total. The molecule has 0 aliphatic rings. The lowest BCUT2D eigenvalue weighted by Gasteiger charge is -2.30. The molecule has 0 fully saturated rings. The molecule has 0 radical (unpaired) electrons. The second-order valence-electron chi connectivity index (χ2n) is 5.51. The molecule has 128 valence electrons.